The Balaban J connectivity index is 1.61. The third-order valence-electron chi connectivity index (χ3n) is 6.63. The standard InChI is InChI=1S/C26H27F4N3O3S2/c1-25(34,26(28,29)30)18-6-12-21(13-7-18)33-15-14-32(38(35,36)24-5-3-2-4-23(24)37)17-22(33)16-31-20-10-8-19(27)9-11-20/h2-13,22,31,34,37H,14-17H2,1H3/t22-,25?/m0/s1. The van der Waals surface area contributed by atoms with Crippen molar-refractivity contribution in [2.75, 3.05) is 36.4 Å². The largest absolute Gasteiger partial charge is 0.421 e. The predicted molar refractivity (Wildman–Crippen MR) is 141 cm³/mol. The van der Waals surface area contributed by atoms with Crippen molar-refractivity contribution in [1.82, 2.24) is 4.31 Å². The van der Waals surface area contributed by atoms with Crippen LogP contribution in [0.2, 0.25) is 0 Å². The van der Waals surface area contributed by atoms with Crippen LogP contribution in [0.3, 0.4) is 0 Å². The first kappa shape index (κ1) is 28.2. The van der Waals surface area contributed by atoms with Crippen LogP contribution in [0.15, 0.2) is 82.6 Å². The molecule has 1 saturated heterocycles. The molecule has 1 aliphatic rings. The molecule has 0 saturated carbocycles. The van der Waals surface area contributed by atoms with Crippen molar-refractivity contribution in [1.29, 1.82) is 0 Å². The fourth-order valence-electron chi connectivity index (χ4n) is 4.32. The summed E-state index contributed by atoms with van der Waals surface area (Å²) in [4.78, 5) is 2.31. The molecular weight excluding hydrogens is 542 g/mol. The lowest BCUT2D eigenvalue weighted by Crippen LogP contribution is -2.57. The van der Waals surface area contributed by atoms with Crippen LogP contribution in [0.25, 0.3) is 0 Å². The van der Waals surface area contributed by atoms with Crippen molar-refractivity contribution in [3.05, 3.63) is 84.2 Å². The van der Waals surface area contributed by atoms with E-state index in [1.165, 1.54) is 46.8 Å². The Morgan fingerprint density at radius 2 is 1.63 bits per heavy atom. The number of anilines is 2. The second-order valence-corrected chi connectivity index (χ2v) is 11.6. The van der Waals surface area contributed by atoms with E-state index in [0.717, 1.165) is 0 Å². The van der Waals surface area contributed by atoms with Gasteiger partial charge < -0.3 is 15.3 Å². The number of hydrogen-bond donors (Lipinski definition) is 3. The third kappa shape index (κ3) is 5.78. The number of halogens is 4. The molecule has 0 amide bonds. The molecule has 3 aromatic carbocycles. The number of hydrogen-bond acceptors (Lipinski definition) is 6. The van der Waals surface area contributed by atoms with Crippen LogP contribution < -0.4 is 10.2 Å². The van der Waals surface area contributed by atoms with Gasteiger partial charge in [-0.25, -0.2) is 12.8 Å². The van der Waals surface area contributed by atoms with E-state index in [9.17, 15) is 31.1 Å². The Morgan fingerprint density at radius 3 is 2.24 bits per heavy atom. The normalized spacial score (nSPS) is 18.7. The first-order chi connectivity index (χ1) is 17.8. The summed E-state index contributed by atoms with van der Waals surface area (Å²) >= 11 is 4.30. The maximum absolute atomic E-state index is 13.4. The molecule has 0 spiro atoms. The molecule has 38 heavy (non-hydrogen) atoms. The van der Waals surface area contributed by atoms with Gasteiger partial charge in [0.2, 0.25) is 10.0 Å². The highest BCUT2D eigenvalue weighted by Crippen LogP contribution is 2.39. The van der Waals surface area contributed by atoms with Gasteiger partial charge in [-0.15, -0.1) is 12.6 Å². The summed E-state index contributed by atoms with van der Waals surface area (Å²) in [6.07, 6.45) is -4.85. The van der Waals surface area contributed by atoms with Crippen molar-refractivity contribution in [3.63, 3.8) is 0 Å². The number of nitrogens with zero attached hydrogens (tertiary/aromatic N) is 2. The summed E-state index contributed by atoms with van der Waals surface area (Å²) in [6, 6.07) is 17.1. The first-order valence-corrected chi connectivity index (χ1v) is 13.6. The van der Waals surface area contributed by atoms with E-state index < -0.39 is 33.7 Å². The van der Waals surface area contributed by atoms with Crippen LogP contribution >= 0.6 is 12.6 Å². The quantitative estimate of drug-likeness (QED) is 0.280. The second-order valence-electron chi connectivity index (χ2n) is 9.18. The van der Waals surface area contributed by atoms with E-state index in [1.807, 2.05) is 4.90 Å². The number of piperazine rings is 1. The molecule has 0 aromatic heterocycles. The van der Waals surface area contributed by atoms with E-state index >= 15 is 0 Å². The zero-order valence-corrected chi connectivity index (χ0v) is 22.1. The molecule has 2 atom stereocenters. The zero-order valence-electron chi connectivity index (χ0n) is 20.4. The summed E-state index contributed by atoms with van der Waals surface area (Å²) in [5.41, 5.74) is -2.11. The van der Waals surface area contributed by atoms with Gasteiger partial charge >= 0.3 is 6.18 Å². The lowest BCUT2D eigenvalue weighted by atomic mass is 9.95. The number of sulfonamides is 1. The van der Waals surface area contributed by atoms with Gasteiger partial charge in [-0.2, -0.15) is 17.5 Å². The molecule has 0 radical (unpaired) electrons. The highest BCUT2D eigenvalue weighted by Gasteiger charge is 2.51. The van der Waals surface area contributed by atoms with E-state index in [1.54, 1.807) is 30.3 Å². The number of aliphatic hydroxyl groups is 1. The Kier molecular flexibility index (Phi) is 7.99. The van der Waals surface area contributed by atoms with Crippen LogP contribution in [-0.4, -0.2) is 56.2 Å². The maximum Gasteiger partial charge on any atom is 0.421 e. The molecule has 0 aliphatic carbocycles. The lowest BCUT2D eigenvalue weighted by molar-refractivity contribution is -0.258. The van der Waals surface area contributed by atoms with Crippen molar-refractivity contribution in [2.24, 2.45) is 0 Å². The molecule has 12 heteroatoms. The number of benzene rings is 3. The summed E-state index contributed by atoms with van der Waals surface area (Å²) in [5.74, 6) is -0.396. The van der Waals surface area contributed by atoms with Crippen molar-refractivity contribution in [3.8, 4) is 0 Å². The SMILES string of the molecule is CC(O)(c1ccc(N2CCN(S(=O)(=O)c3ccccc3S)C[C@@H]2CNc2ccc(F)cc2)cc1)C(F)(F)F. The molecular formula is C26H27F4N3O3S2. The fourth-order valence-corrected chi connectivity index (χ4v) is 6.38. The van der Waals surface area contributed by atoms with Crippen LogP contribution in [0.5, 0.6) is 0 Å². The second kappa shape index (κ2) is 10.8. The molecule has 3 aromatic rings. The van der Waals surface area contributed by atoms with Crippen molar-refractivity contribution in [2.45, 2.75) is 34.5 Å². The van der Waals surface area contributed by atoms with Gasteiger partial charge in [0, 0.05) is 42.4 Å². The first-order valence-electron chi connectivity index (χ1n) is 11.7. The van der Waals surface area contributed by atoms with E-state index in [-0.39, 0.29) is 36.6 Å². The molecule has 6 nitrogen and oxygen atoms in total. The van der Waals surface area contributed by atoms with Gasteiger partial charge in [-0.05, 0) is 61.0 Å². The highest BCUT2D eigenvalue weighted by atomic mass is 32.2. The van der Waals surface area contributed by atoms with Crippen LogP contribution in [0, 0.1) is 5.82 Å². The van der Waals surface area contributed by atoms with Gasteiger partial charge in [0.1, 0.15) is 5.82 Å². The summed E-state index contributed by atoms with van der Waals surface area (Å²) in [7, 11) is -3.87. The predicted octanol–water partition coefficient (Wildman–Crippen LogP) is 4.88. The van der Waals surface area contributed by atoms with Gasteiger partial charge in [0.25, 0.3) is 0 Å². The summed E-state index contributed by atoms with van der Waals surface area (Å²) < 4.78 is 81.4. The Hall–Kier alpha value is -2.80. The molecule has 1 fully saturated rings. The number of thiol groups is 1. The smallest absolute Gasteiger partial charge is 0.383 e. The summed E-state index contributed by atoms with van der Waals surface area (Å²) in [6.45, 7) is 1.45. The Bertz CT molecular complexity index is 1370. The number of rotatable bonds is 7. The monoisotopic (exact) mass is 569 g/mol. The average molecular weight is 570 g/mol. The Morgan fingerprint density at radius 1 is 1.00 bits per heavy atom. The molecule has 204 valence electrons. The van der Waals surface area contributed by atoms with Crippen LogP contribution in [0.4, 0.5) is 28.9 Å². The topological polar surface area (TPSA) is 72.9 Å². The minimum Gasteiger partial charge on any atom is -0.383 e. The molecule has 4 rings (SSSR count). The molecule has 1 unspecified atom stereocenters. The van der Waals surface area contributed by atoms with Crippen LogP contribution in [-0.2, 0) is 15.6 Å². The van der Waals surface area contributed by atoms with Crippen molar-refractivity contribution < 1.29 is 31.1 Å². The van der Waals surface area contributed by atoms with E-state index in [2.05, 4.69) is 17.9 Å². The highest BCUT2D eigenvalue weighted by molar-refractivity contribution is 7.90. The minimum atomic E-state index is -4.85. The number of nitrogens with one attached hydrogen (secondary N) is 1. The summed E-state index contributed by atoms with van der Waals surface area (Å²) in [5, 5.41) is 13.2. The minimum absolute atomic E-state index is 0.0840. The molecule has 2 N–H and O–H groups in total. The zero-order chi connectivity index (χ0) is 27.7. The number of alkyl halides is 3. The van der Waals surface area contributed by atoms with Gasteiger partial charge in [-0.3, -0.25) is 0 Å². The van der Waals surface area contributed by atoms with E-state index in [4.69, 9.17) is 0 Å². The molecule has 1 aliphatic heterocycles. The lowest BCUT2D eigenvalue weighted by Gasteiger charge is -2.42. The fraction of sp³-hybridized carbons (Fsp3) is 0.308. The van der Waals surface area contributed by atoms with Crippen LogP contribution in [0.1, 0.15) is 12.5 Å². The molecule has 0 bridgehead atoms. The van der Waals surface area contributed by atoms with Gasteiger partial charge in [0.15, 0.2) is 5.60 Å². The Labute approximate surface area is 224 Å². The van der Waals surface area contributed by atoms with Gasteiger partial charge in [-0.1, -0.05) is 24.3 Å². The average Bonchev–Trinajstić information content (AvgIpc) is 2.88. The van der Waals surface area contributed by atoms with Gasteiger partial charge in [0.05, 0.1) is 10.9 Å². The van der Waals surface area contributed by atoms with E-state index in [0.29, 0.717) is 23.2 Å². The molecule has 1 heterocycles. The maximum atomic E-state index is 13.4. The van der Waals surface area contributed by atoms with Crippen molar-refractivity contribution >= 4 is 34.0 Å². The third-order valence-corrected chi connectivity index (χ3v) is 9.09.